The normalized spacial score (nSPS) is 38.8. The number of nitrogens with one attached hydrogen (secondary N) is 3. The molecule has 2 amide bonds. The second kappa shape index (κ2) is 12.7. The molecule has 2 saturated carbocycles. The van der Waals surface area contributed by atoms with Crippen LogP contribution in [0.1, 0.15) is 83.5 Å². The average Bonchev–Trinajstić information content (AvgIpc) is 2.93. The quantitative estimate of drug-likeness (QED) is 0.359. The first kappa shape index (κ1) is 27.3. The molecule has 9 heteroatoms. The van der Waals surface area contributed by atoms with Gasteiger partial charge in [-0.1, -0.05) is 38.5 Å². The highest BCUT2D eigenvalue weighted by molar-refractivity contribution is 5.79. The van der Waals surface area contributed by atoms with Gasteiger partial charge in [0.1, 0.15) is 6.29 Å². The van der Waals surface area contributed by atoms with E-state index in [2.05, 4.69) is 25.8 Å². The van der Waals surface area contributed by atoms with E-state index in [9.17, 15) is 9.59 Å². The number of hydrogen-bond acceptors (Lipinski definition) is 7. The number of amides is 2. The lowest BCUT2D eigenvalue weighted by atomic mass is 9.76. The average molecular weight is 518 g/mol. The van der Waals surface area contributed by atoms with Crippen LogP contribution in [-0.2, 0) is 9.59 Å². The van der Waals surface area contributed by atoms with Crippen molar-refractivity contribution < 1.29 is 9.59 Å². The Kier molecular flexibility index (Phi) is 9.40. The first-order valence-electron chi connectivity index (χ1n) is 15.3. The highest BCUT2D eigenvalue weighted by atomic mass is 16.2. The highest BCUT2D eigenvalue weighted by Gasteiger charge is 2.40. The summed E-state index contributed by atoms with van der Waals surface area (Å²) in [6, 6.07) is 0.401. The van der Waals surface area contributed by atoms with Crippen LogP contribution in [-0.4, -0.2) is 78.9 Å². The van der Waals surface area contributed by atoms with Crippen LogP contribution in [0.3, 0.4) is 0 Å². The molecule has 3 saturated heterocycles. The molecule has 0 bridgehead atoms. The maximum absolute atomic E-state index is 13.7. The van der Waals surface area contributed by atoms with Crippen molar-refractivity contribution in [2.24, 2.45) is 35.1 Å². The number of nitrogens with zero attached hydrogens (tertiary/aromatic N) is 2. The Labute approximate surface area is 223 Å². The summed E-state index contributed by atoms with van der Waals surface area (Å²) in [5.41, 5.74) is 12.0. The number of hydrogen-bond donors (Lipinski definition) is 5. The Morgan fingerprint density at radius 2 is 1.62 bits per heavy atom. The lowest BCUT2D eigenvalue weighted by molar-refractivity contribution is -0.139. The maximum Gasteiger partial charge on any atom is 0.225 e. The van der Waals surface area contributed by atoms with Gasteiger partial charge in [0.05, 0.1) is 12.1 Å². The zero-order valence-electron chi connectivity index (χ0n) is 22.7. The van der Waals surface area contributed by atoms with Gasteiger partial charge in [-0.2, -0.15) is 0 Å². The fourth-order valence-electron chi connectivity index (χ4n) is 7.92. The molecule has 9 nitrogen and oxygen atoms in total. The lowest BCUT2D eigenvalue weighted by Crippen LogP contribution is -2.72. The molecule has 37 heavy (non-hydrogen) atoms. The van der Waals surface area contributed by atoms with E-state index in [1.165, 1.54) is 38.5 Å². The smallest absolute Gasteiger partial charge is 0.225 e. The van der Waals surface area contributed by atoms with Gasteiger partial charge in [-0.05, 0) is 56.8 Å². The Hall–Kier alpha value is -1.26. The minimum absolute atomic E-state index is 0.0226. The first-order valence-corrected chi connectivity index (χ1v) is 15.3. The van der Waals surface area contributed by atoms with E-state index in [-0.39, 0.29) is 42.3 Å². The summed E-state index contributed by atoms with van der Waals surface area (Å²) < 4.78 is 0. The number of nitrogens with two attached hydrogens (primary N) is 2. The molecule has 0 spiro atoms. The third-order valence-electron chi connectivity index (χ3n) is 10.0. The van der Waals surface area contributed by atoms with E-state index >= 15 is 0 Å². The van der Waals surface area contributed by atoms with Crippen LogP contribution in [0.15, 0.2) is 0 Å². The van der Waals surface area contributed by atoms with Gasteiger partial charge in [0.15, 0.2) is 0 Å². The van der Waals surface area contributed by atoms with Gasteiger partial charge >= 0.3 is 0 Å². The molecule has 0 radical (unpaired) electrons. The van der Waals surface area contributed by atoms with Gasteiger partial charge in [0.2, 0.25) is 11.8 Å². The summed E-state index contributed by atoms with van der Waals surface area (Å²) >= 11 is 0. The van der Waals surface area contributed by atoms with Gasteiger partial charge in [-0.25, -0.2) is 0 Å². The van der Waals surface area contributed by atoms with Crippen LogP contribution in [0, 0.1) is 23.7 Å². The van der Waals surface area contributed by atoms with Crippen molar-refractivity contribution in [3.63, 3.8) is 0 Å². The first-order chi connectivity index (χ1) is 18.0. The monoisotopic (exact) mass is 517 g/mol. The van der Waals surface area contributed by atoms with Crippen LogP contribution < -0.4 is 27.4 Å². The predicted octanol–water partition coefficient (Wildman–Crippen LogP) is 1.28. The van der Waals surface area contributed by atoms with Crippen molar-refractivity contribution in [1.29, 1.82) is 0 Å². The maximum atomic E-state index is 13.7. The summed E-state index contributed by atoms with van der Waals surface area (Å²) in [7, 11) is 0. The van der Waals surface area contributed by atoms with E-state index in [0.29, 0.717) is 18.4 Å². The molecule has 5 aliphatic rings. The Morgan fingerprint density at radius 3 is 2.41 bits per heavy atom. The molecular formula is C28H51N7O2. The van der Waals surface area contributed by atoms with Crippen molar-refractivity contribution in [3.8, 4) is 0 Å². The van der Waals surface area contributed by atoms with Crippen LogP contribution in [0.2, 0.25) is 0 Å². The molecule has 5 fully saturated rings. The van der Waals surface area contributed by atoms with E-state index in [1.54, 1.807) is 0 Å². The topological polar surface area (TPSA) is 129 Å². The molecule has 0 aromatic rings. The number of likely N-dealkylation sites (tertiary alicyclic amines) is 2. The molecule has 7 atom stereocenters. The molecule has 5 rings (SSSR count). The predicted molar refractivity (Wildman–Crippen MR) is 145 cm³/mol. The number of rotatable bonds is 6. The molecule has 5 unspecified atom stereocenters. The number of carbonyl (C=O) groups excluding carboxylic acids is 2. The zero-order chi connectivity index (χ0) is 25.8. The molecule has 210 valence electrons. The second-order valence-electron chi connectivity index (χ2n) is 12.7. The number of primary amides is 1. The third kappa shape index (κ3) is 6.85. The molecule has 0 aromatic heterocycles. The van der Waals surface area contributed by atoms with Crippen LogP contribution in [0.25, 0.3) is 0 Å². The second-order valence-corrected chi connectivity index (χ2v) is 12.7. The minimum atomic E-state index is -0.330. The van der Waals surface area contributed by atoms with E-state index in [1.807, 2.05) is 0 Å². The zero-order valence-corrected chi connectivity index (χ0v) is 22.7. The van der Waals surface area contributed by atoms with Gasteiger partial charge in [-0.3, -0.25) is 30.4 Å². The minimum Gasteiger partial charge on any atom is -0.369 e. The summed E-state index contributed by atoms with van der Waals surface area (Å²) in [6.45, 7) is 4.27. The van der Waals surface area contributed by atoms with Crippen LogP contribution >= 0.6 is 0 Å². The Bertz CT molecular complexity index is 776. The lowest BCUT2D eigenvalue weighted by Gasteiger charge is -2.46. The molecule has 0 aromatic carbocycles. The van der Waals surface area contributed by atoms with Crippen LogP contribution in [0.4, 0.5) is 0 Å². The standard InChI is InChI=1S/C28H51N7O2/c29-22-11-6-14-35(18-22)28-31-16-24(25(30)36)26(33-28)32-23-12-4-9-20(15-23)27(37)34-13-5-10-21(17-34)19-7-2-1-3-8-19/h19-24,26,28,31-33H,1-18,29H2,(H2,30,36)/t20?,21-,22-,23?,24?,26?,28?/m0/s1. The van der Waals surface area contributed by atoms with Crippen molar-refractivity contribution >= 4 is 11.8 Å². The fraction of sp³-hybridized carbons (Fsp3) is 0.929. The van der Waals surface area contributed by atoms with Crippen molar-refractivity contribution in [2.75, 3.05) is 32.7 Å². The number of piperidine rings is 2. The number of carbonyl (C=O) groups is 2. The van der Waals surface area contributed by atoms with Gasteiger partial charge < -0.3 is 16.4 Å². The summed E-state index contributed by atoms with van der Waals surface area (Å²) in [5, 5.41) is 10.8. The fourth-order valence-corrected chi connectivity index (χ4v) is 7.92. The molecule has 7 N–H and O–H groups in total. The van der Waals surface area contributed by atoms with Crippen LogP contribution in [0.5, 0.6) is 0 Å². The highest BCUT2D eigenvalue weighted by Crippen LogP contribution is 2.36. The summed E-state index contributed by atoms with van der Waals surface area (Å²) in [5.74, 6) is 1.36. The Balaban J connectivity index is 1.17. The van der Waals surface area contributed by atoms with Crippen molar-refractivity contribution in [2.45, 2.75) is 108 Å². The van der Waals surface area contributed by atoms with Gasteiger partial charge in [-0.15, -0.1) is 0 Å². The molecule has 3 heterocycles. The van der Waals surface area contributed by atoms with E-state index in [4.69, 9.17) is 11.5 Å². The van der Waals surface area contributed by atoms with Crippen molar-refractivity contribution in [3.05, 3.63) is 0 Å². The third-order valence-corrected chi connectivity index (χ3v) is 10.0. The Morgan fingerprint density at radius 1 is 0.838 bits per heavy atom. The molecule has 3 aliphatic heterocycles. The van der Waals surface area contributed by atoms with Gasteiger partial charge in [0, 0.05) is 50.7 Å². The van der Waals surface area contributed by atoms with Crippen molar-refractivity contribution in [1.82, 2.24) is 25.8 Å². The largest absolute Gasteiger partial charge is 0.369 e. The molecule has 2 aliphatic carbocycles. The van der Waals surface area contributed by atoms with E-state index in [0.717, 1.165) is 77.0 Å². The SMILES string of the molecule is NC(=O)C1CNC(N2CCC[C@H](N)C2)NC1NC1CCCC(C(=O)N2CCC[C@H](C3CCCCC3)C2)C1. The van der Waals surface area contributed by atoms with Gasteiger partial charge in [0.25, 0.3) is 0 Å². The van der Waals surface area contributed by atoms with E-state index < -0.39 is 0 Å². The summed E-state index contributed by atoms with van der Waals surface area (Å²) in [4.78, 5) is 30.5. The summed E-state index contributed by atoms with van der Waals surface area (Å²) in [6.07, 6.45) is 15.1. The molecular weight excluding hydrogens is 466 g/mol.